The number of amides is 2. The number of benzene rings is 3. The van der Waals surface area contributed by atoms with Crippen LogP contribution in [0.25, 0.3) is 0 Å². The highest BCUT2D eigenvalue weighted by molar-refractivity contribution is 5.98. The SMILES string of the molecule is Cc1cccc2c1CN(Cc1ccc([C@H](C(=O)Nc3cccc(CC4(C(=O)O)CC4)c3)[C@H](C)C(F)(F)F)cc1)C2=O. The van der Waals surface area contributed by atoms with Crippen LogP contribution in [-0.2, 0) is 29.1 Å². The molecule has 5 rings (SSSR count). The molecule has 6 nitrogen and oxygen atoms in total. The van der Waals surface area contributed by atoms with Gasteiger partial charge >= 0.3 is 12.1 Å². The van der Waals surface area contributed by atoms with E-state index in [1.165, 1.54) is 12.1 Å². The van der Waals surface area contributed by atoms with Crippen LogP contribution in [0.15, 0.2) is 66.7 Å². The van der Waals surface area contributed by atoms with Crippen molar-refractivity contribution in [3.63, 3.8) is 0 Å². The van der Waals surface area contributed by atoms with Crippen LogP contribution in [0.5, 0.6) is 0 Å². The Hall–Kier alpha value is -4.14. The first kappa shape index (κ1) is 28.4. The minimum Gasteiger partial charge on any atom is -0.481 e. The van der Waals surface area contributed by atoms with Crippen molar-refractivity contribution in [1.29, 1.82) is 0 Å². The average Bonchev–Trinajstić information content (AvgIpc) is 3.63. The second-order valence-corrected chi connectivity index (χ2v) is 11.3. The molecule has 3 aromatic carbocycles. The Bertz CT molecular complexity index is 1500. The van der Waals surface area contributed by atoms with Gasteiger partial charge in [0.1, 0.15) is 0 Å². The molecule has 0 bridgehead atoms. The number of carboxylic acid groups (broad SMARTS) is 1. The molecule has 2 atom stereocenters. The molecule has 0 radical (unpaired) electrons. The van der Waals surface area contributed by atoms with E-state index in [9.17, 15) is 32.7 Å². The minimum absolute atomic E-state index is 0.0890. The Labute approximate surface area is 236 Å². The van der Waals surface area contributed by atoms with Crippen LogP contribution >= 0.6 is 0 Å². The summed E-state index contributed by atoms with van der Waals surface area (Å²) >= 11 is 0. The van der Waals surface area contributed by atoms with E-state index in [0.29, 0.717) is 49.2 Å². The number of anilines is 1. The standard InChI is InChI=1S/C32H31F3N2O4/c1-19-5-3-8-25-26(19)18-37(29(25)39)17-21-9-11-23(12-10-21)27(20(2)32(33,34)35)28(38)36-24-7-4-6-22(15-24)16-31(13-14-31)30(40)41/h3-12,15,20,27H,13-14,16-18H2,1-2H3,(H,36,38)(H,40,41)/t20-,27+/m0/s1. The Balaban J connectivity index is 1.33. The number of aryl methyl sites for hydroxylation is 1. The van der Waals surface area contributed by atoms with Gasteiger partial charge in [-0.3, -0.25) is 14.4 Å². The van der Waals surface area contributed by atoms with Gasteiger partial charge in [0.2, 0.25) is 5.91 Å². The van der Waals surface area contributed by atoms with Gasteiger partial charge in [0.15, 0.2) is 0 Å². The number of hydrogen-bond donors (Lipinski definition) is 2. The van der Waals surface area contributed by atoms with E-state index in [-0.39, 0.29) is 11.5 Å². The van der Waals surface area contributed by atoms with E-state index in [1.54, 1.807) is 47.4 Å². The minimum atomic E-state index is -4.62. The topological polar surface area (TPSA) is 86.7 Å². The molecule has 41 heavy (non-hydrogen) atoms. The monoisotopic (exact) mass is 564 g/mol. The third-order valence-electron chi connectivity index (χ3n) is 8.33. The zero-order valence-electron chi connectivity index (χ0n) is 22.8. The highest BCUT2D eigenvalue weighted by Crippen LogP contribution is 2.48. The second-order valence-electron chi connectivity index (χ2n) is 11.3. The molecule has 0 spiro atoms. The quantitative estimate of drug-likeness (QED) is 0.312. The smallest absolute Gasteiger partial charge is 0.392 e. The Morgan fingerprint density at radius 3 is 2.32 bits per heavy atom. The van der Waals surface area contributed by atoms with Crippen LogP contribution < -0.4 is 5.32 Å². The first-order valence-corrected chi connectivity index (χ1v) is 13.5. The number of alkyl halides is 3. The van der Waals surface area contributed by atoms with E-state index < -0.39 is 35.3 Å². The van der Waals surface area contributed by atoms with E-state index in [4.69, 9.17) is 0 Å². The molecule has 1 saturated carbocycles. The molecule has 9 heteroatoms. The van der Waals surface area contributed by atoms with Gasteiger partial charge in [-0.2, -0.15) is 13.2 Å². The van der Waals surface area contributed by atoms with E-state index in [2.05, 4.69) is 5.32 Å². The van der Waals surface area contributed by atoms with Crippen molar-refractivity contribution in [3.05, 3.63) is 100 Å². The number of nitrogens with zero attached hydrogens (tertiary/aromatic N) is 1. The number of carbonyl (C=O) groups is 3. The first-order chi connectivity index (χ1) is 19.4. The largest absolute Gasteiger partial charge is 0.481 e. The van der Waals surface area contributed by atoms with Crippen LogP contribution in [0.3, 0.4) is 0 Å². The Morgan fingerprint density at radius 2 is 1.71 bits per heavy atom. The van der Waals surface area contributed by atoms with Crippen LogP contribution in [-0.4, -0.2) is 34.0 Å². The fraction of sp³-hybridized carbons (Fsp3) is 0.344. The molecule has 0 aromatic heterocycles. The van der Waals surface area contributed by atoms with Gasteiger partial charge in [-0.1, -0.05) is 55.5 Å². The number of carbonyl (C=O) groups excluding carboxylic acids is 2. The summed E-state index contributed by atoms with van der Waals surface area (Å²) in [5.74, 6) is -5.24. The molecular formula is C32H31F3N2O4. The predicted molar refractivity (Wildman–Crippen MR) is 147 cm³/mol. The zero-order valence-corrected chi connectivity index (χ0v) is 22.8. The summed E-state index contributed by atoms with van der Waals surface area (Å²) in [4.78, 5) is 39.4. The summed E-state index contributed by atoms with van der Waals surface area (Å²) in [5, 5.41) is 12.1. The van der Waals surface area contributed by atoms with Crippen molar-refractivity contribution in [1.82, 2.24) is 4.90 Å². The lowest BCUT2D eigenvalue weighted by molar-refractivity contribution is -0.178. The molecule has 3 aromatic rings. The number of rotatable bonds is 9. The lowest BCUT2D eigenvalue weighted by Crippen LogP contribution is -2.34. The van der Waals surface area contributed by atoms with E-state index >= 15 is 0 Å². The number of nitrogens with one attached hydrogen (secondary N) is 1. The normalized spacial score (nSPS) is 17.1. The van der Waals surface area contributed by atoms with Gasteiger partial charge in [-0.15, -0.1) is 0 Å². The highest BCUT2D eigenvalue weighted by atomic mass is 19.4. The van der Waals surface area contributed by atoms with Crippen molar-refractivity contribution >= 4 is 23.5 Å². The molecule has 0 unspecified atom stereocenters. The third kappa shape index (κ3) is 5.85. The Kier molecular flexibility index (Phi) is 7.40. The lowest BCUT2D eigenvalue weighted by Gasteiger charge is -2.26. The number of aliphatic carboxylic acids is 1. The Morgan fingerprint density at radius 1 is 1.02 bits per heavy atom. The van der Waals surface area contributed by atoms with Crippen molar-refractivity contribution in [2.45, 2.75) is 58.3 Å². The molecule has 214 valence electrons. The molecule has 1 aliphatic carbocycles. The summed E-state index contributed by atoms with van der Waals surface area (Å²) in [5.41, 5.74) is 3.82. The summed E-state index contributed by atoms with van der Waals surface area (Å²) in [6.07, 6.45) is -3.19. The molecule has 1 fully saturated rings. The maximum atomic E-state index is 13.9. The number of hydrogen-bond acceptors (Lipinski definition) is 3. The van der Waals surface area contributed by atoms with Gasteiger partial charge in [-0.25, -0.2) is 0 Å². The summed E-state index contributed by atoms with van der Waals surface area (Å²) in [6.45, 7) is 3.70. The molecule has 2 amide bonds. The average molecular weight is 565 g/mol. The lowest BCUT2D eigenvalue weighted by atomic mass is 9.85. The molecule has 1 aliphatic heterocycles. The third-order valence-corrected chi connectivity index (χ3v) is 8.33. The van der Waals surface area contributed by atoms with Crippen molar-refractivity contribution in [2.24, 2.45) is 11.3 Å². The van der Waals surface area contributed by atoms with Gasteiger partial charge < -0.3 is 15.3 Å². The number of fused-ring (bicyclic) bond motifs is 1. The zero-order chi connectivity index (χ0) is 29.5. The second kappa shape index (κ2) is 10.7. The van der Waals surface area contributed by atoms with Crippen LogP contribution in [0, 0.1) is 18.3 Å². The van der Waals surface area contributed by atoms with E-state index in [0.717, 1.165) is 23.6 Å². The van der Waals surface area contributed by atoms with Crippen molar-refractivity contribution in [2.75, 3.05) is 5.32 Å². The maximum Gasteiger partial charge on any atom is 0.392 e. The number of halogens is 3. The van der Waals surface area contributed by atoms with Gasteiger partial charge in [0.25, 0.3) is 5.91 Å². The van der Waals surface area contributed by atoms with Gasteiger partial charge in [-0.05, 0) is 72.2 Å². The first-order valence-electron chi connectivity index (χ1n) is 13.5. The maximum absolute atomic E-state index is 13.9. The number of carboxylic acids is 1. The van der Waals surface area contributed by atoms with Crippen LogP contribution in [0.2, 0.25) is 0 Å². The van der Waals surface area contributed by atoms with Gasteiger partial charge in [0.05, 0.1) is 17.3 Å². The van der Waals surface area contributed by atoms with Crippen molar-refractivity contribution in [3.8, 4) is 0 Å². The highest BCUT2D eigenvalue weighted by Gasteiger charge is 2.50. The summed E-state index contributed by atoms with van der Waals surface area (Å²) in [6, 6.07) is 18.5. The van der Waals surface area contributed by atoms with Crippen LogP contribution in [0.1, 0.15) is 63.9 Å². The molecule has 2 N–H and O–H groups in total. The molecular weight excluding hydrogens is 533 g/mol. The molecule has 1 heterocycles. The van der Waals surface area contributed by atoms with Crippen LogP contribution in [0.4, 0.5) is 18.9 Å². The molecule has 0 saturated heterocycles. The van der Waals surface area contributed by atoms with Gasteiger partial charge in [0, 0.05) is 24.3 Å². The fourth-order valence-electron chi connectivity index (χ4n) is 5.57. The van der Waals surface area contributed by atoms with Crippen molar-refractivity contribution < 1.29 is 32.7 Å². The summed E-state index contributed by atoms with van der Waals surface area (Å²) < 4.78 is 41.7. The fourth-order valence-corrected chi connectivity index (χ4v) is 5.57. The predicted octanol–water partition coefficient (Wildman–Crippen LogP) is 6.48. The molecule has 2 aliphatic rings. The van der Waals surface area contributed by atoms with E-state index in [1.807, 2.05) is 19.1 Å². The summed E-state index contributed by atoms with van der Waals surface area (Å²) in [7, 11) is 0.